The van der Waals surface area contributed by atoms with Crippen molar-refractivity contribution < 1.29 is 14.3 Å². The highest BCUT2D eigenvalue weighted by molar-refractivity contribution is 5.97. The molecule has 0 saturated carbocycles. The number of amides is 1. The van der Waals surface area contributed by atoms with E-state index >= 15 is 0 Å². The lowest BCUT2D eigenvalue weighted by Crippen LogP contribution is -2.31. The van der Waals surface area contributed by atoms with Gasteiger partial charge in [-0.15, -0.1) is 0 Å². The predicted molar refractivity (Wildman–Crippen MR) is 114 cm³/mol. The molecule has 1 amide bonds. The lowest BCUT2D eigenvalue weighted by Gasteiger charge is -2.12. The van der Waals surface area contributed by atoms with Crippen molar-refractivity contribution in [2.24, 2.45) is 5.10 Å². The van der Waals surface area contributed by atoms with Crippen LogP contribution in [0.4, 0.5) is 5.82 Å². The molecule has 0 atom stereocenters. The number of carbonyl (C=O) groups is 2. The Labute approximate surface area is 173 Å². The van der Waals surface area contributed by atoms with Gasteiger partial charge in [0.1, 0.15) is 11.6 Å². The molecule has 30 heavy (non-hydrogen) atoms. The number of hydrazone groups is 1. The van der Waals surface area contributed by atoms with Crippen LogP contribution in [0.25, 0.3) is 11.3 Å². The maximum Gasteiger partial charge on any atom is 0.308 e. The number of anilines is 1. The number of rotatable bonds is 5. The zero-order valence-electron chi connectivity index (χ0n) is 16.7. The minimum absolute atomic E-state index is 0.0468. The molecule has 3 heterocycles. The molecule has 8 nitrogen and oxygen atoms in total. The summed E-state index contributed by atoms with van der Waals surface area (Å²) in [6.45, 7) is 2.01. The molecule has 0 radical (unpaired) electrons. The smallest absolute Gasteiger partial charge is 0.308 e. The number of aromatic amines is 1. The number of aromatic nitrogens is 2. The zero-order valence-corrected chi connectivity index (χ0v) is 16.7. The lowest BCUT2D eigenvalue weighted by molar-refractivity contribution is -0.131. The summed E-state index contributed by atoms with van der Waals surface area (Å²) in [7, 11) is 1.81. The SMILES string of the molecule is CC(=O)Oc1ccc(C=NN(C)c2cc(-c3cc4c([nH]3)CCNC4=O)ccn2)cc1. The number of hydrogen-bond acceptors (Lipinski definition) is 6. The van der Waals surface area contributed by atoms with Crippen molar-refractivity contribution >= 4 is 23.9 Å². The first kappa shape index (κ1) is 19.4. The Morgan fingerprint density at radius 1 is 1.23 bits per heavy atom. The quantitative estimate of drug-likeness (QED) is 0.295. The van der Waals surface area contributed by atoms with Gasteiger partial charge in [-0.2, -0.15) is 5.10 Å². The predicted octanol–water partition coefficient (Wildman–Crippen LogP) is 2.76. The van der Waals surface area contributed by atoms with Crippen molar-refractivity contribution in [2.75, 3.05) is 18.6 Å². The molecule has 0 aliphatic carbocycles. The van der Waals surface area contributed by atoms with Crippen LogP contribution in [0.5, 0.6) is 5.75 Å². The van der Waals surface area contributed by atoms with Crippen LogP contribution in [0, 0.1) is 0 Å². The van der Waals surface area contributed by atoms with Crippen LogP contribution in [0.3, 0.4) is 0 Å². The highest BCUT2D eigenvalue weighted by Crippen LogP contribution is 2.26. The van der Waals surface area contributed by atoms with Crippen LogP contribution >= 0.6 is 0 Å². The Hall–Kier alpha value is -3.94. The number of carbonyl (C=O) groups excluding carboxylic acids is 2. The molecule has 152 valence electrons. The number of fused-ring (bicyclic) bond motifs is 1. The van der Waals surface area contributed by atoms with Crippen LogP contribution in [0.2, 0.25) is 0 Å². The van der Waals surface area contributed by atoms with E-state index in [1.807, 2.05) is 37.4 Å². The average Bonchev–Trinajstić information content (AvgIpc) is 3.19. The van der Waals surface area contributed by atoms with Gasteiger partial charge in [0.2, 0.25) is 0 Å². The Morgan fingerprint density at radius 3 is 2.77 bits per heavy atom. The van der Waals surface area contributed by atoms with Gasteiger partial charge in [0, 0.05) is 50.1 Å². The summed E-state index contributed by atoms with van der Waals surface area (Å²) in [5.74, 6) is 0.752. The molecule has 8 heteroatoms. The van der Waals surface area contributed by atoms with E-state index in [4.69, 9.17) is 4.74 Å². The first-order valence-corrected chi connectivity index (χ1v) is 9.52. The third-order valence-electron chi connectivity index (χ3n) is 4.71. The van der Waals surface area contributed by atoms with Crippen molar-refractivity contribution in [3.05, 3.63) is 65.5 Å². The molecule has 2 aromatic heterocycles. The van der Waals surface area contributed by atoms with Crippen molar-refractivity contribution in [3.63, 3.8) is 0 Å². The van der Waals surface area contributed by atoms with Crippen LogP contribution in [-0.4, -0.2) is 41.7 Å². The average molecular weight is 403 g/mol. The number of H-pyrrole nitrogens is 1. The molecular formula is C22H21N5O3. The maximum atomic E-state index is 12.0. The number of benzene rings is 1. The van der Waals surface area contributed by atoms with Gasteiger partial charge in [-0.05, 0) is 48.0 Å². The van der Waals surface area contributed by atoms with E-state index < -0.39 is 0 Å². The topological polar surface area (TPSA) is 99.7 Å². The number of nitrogens with one attached hydrogen (secondary N) is 2. The molecule has 0 unspecified atom stereocenters. The van der Waals surface area contributed by atoms with Gasteiger partial charge in [-0.1, -0.05) is 0 Å². The Bertz CT molecular complexity index is 1120. The fourth-order valence-corrected chi connectivity index (χ4v) is 3.21. The van der Waals surface area contributed by atoms with Crippen molar-refractivity contribution in [1.29, 1.82) is 0 Å². The standard InChI is InChI=1S/C22H21N5O3/c1-14(28)30-17-5-3-15(4-6-17)13-25-27(2)21-11-16(7-9-23-21)20-12-18-19(26-20)8-10-24-22(18)29/h3-7,9,11-13,26H,8,10H2,1-2H3,(H,24,29). The molecule has 1 aromatic carbocycles. The molecule has 1 aliphatic heterocycles. The van der Waals surface area contributed by atoms with E-state index in [9.17, 15) is 9.59 Å². The molecule has 0 saturated heterocycles. The monoisotopic (exact) mass is 403 g/mol. The van der Waals surface area contributed by atoms with Crippen molar-refractivity contribution in [2.45, 2.75) is 13.3 Å². The Morgan fingerprint density at radius 2 is 2.03 bits per heavy atom. The normalized spacial score (nSPS) is 13.1. The van der Waals surface area contributed by atoms with Gasteiger partial charge in [-0.25, -0.2) is 4.98 Å². The summed E-state index contributed by atoms with van der Waals surface area (Å²) in [4.78, 5) is 30.7. The fourth-order valence-electron chi connectivity index (χ4n) is 3.21. The summed E-state index contributed by atoms with van der Waals surface area (Å²) >= 11 is 0. The van der Waals surface area contributed by atoms with E-state index in [0.717, 1.165) is 28.9 Å². The molecule has 0 spiro atoms. The highest BCUT2D eigenvalue weighted by Gasteiger charge is 2.20. The van der Waals surface area contributed by atoms with E-state index in [1.54, 1.807) is 29.6 Å². The number of esters is 1. The number of hydrogen-bond donors (Lipinski definition) is 2. The second kappa shape index (κ2) is 8.20. The van der Waals surface area contributed by atoms with Crippen molar-refractivity contribution in [3.8, 4) is 17.0 Å². The number of pyridine rings is 1. The van der Waals surface area contributed by atoms with Gasteiger partial charge in [0.05, 0.1) is 11.8 Å². The summed E-state index contributed by atoms with van der Waals surface area (Å²) < 4.78 is 5.02. The molecule has 1 aliphatic rings. The molecule has 0 bridgehead atoms. The van der Waals surface area contributed by atoms with Gasteiger partial charge in [0.15, 0.2) is 0 Å². The van der Waals surface area contributed by atoms with E-state index in [1.165, 1.54) is 6.92 Å². The third kappa shape index (κ3) is 4.22. The Kier molecular flexibility index (Phi) is 5.30. The second-order valence-electron chi connectivity index (χ2n) is 6.91. The number of ether oxygens (including phenoxy) is 1. The van der Waals surface area contributed by atoms with Crippen LogP contribution in [0.15, 0.2) is 53.8 Å². The van der Waals surface area contributed by atoms with Crippen molar-refractivity contribution in [1.82, 2.24) is 15.3 Å². The van der Waals surface area contributed by atoms with Gasteiger partial charge >= 0.3 is 5.97 Å². The Balaban J connectivity index is 1.50. The zero-order chi connectivity index (χ0) is 21.1. The van der Waals surface area contributed by atoms with E-state index in [2.05, 4.69) is 20.4 Å². The van der Waals surface area contributed by atoms with E-state index in [0.29, 0.717) is 23.7 Å². The van der Waals surface area contributed by atoms with Crippen LogP contribution < -0.4 is 15.1 Å². The molecule has 0 fully saturated rings. The van der Waals surface area contributed by atoms with Crippen LogP contribution in [0.1, 0.15) is 28.5 Å². The van der Waals surface area contributed by atoms with Crippen LogP contribution in [-0.2, 0) is 11.2 Å². The summed E-state index contributed by atoms with van der Waals surface area (Å²) in [6, 6.07) is 12.7. The molecule has 4 rings (SSSR count). The van der Waals surface area contributed by atoms with Gasteiger partial charge < -0.3 is 15.0 Å². The van der Waals surface area contributed by atoms with E-state index in [-0.39, 0.29) is 11.9 Å². The first-order chi connectivity index (χ1) is 14.5. The summed E-state index contributed by atoms with van der Waals surface area (Å²) in [5, 5.41) is 8.95. The summed E-state index contributed by atoms with van der Waals surface area (Å²) in [5.41, 5.74) is 4.31. The minimum Gasteiger partial charge on any atom is -0.427 e. The molecule has 2 N–H and O–H groups in total. The molecule has 3 aromatic rings. The minimum atomic E-state index is -0.356. The van der Waals surface area contributed by atoms with Gasteiger partial charge in [-0.3, -0.25) is 14.6 Å². The summed E-state index contributed by atoms with van der Waals surface area (Å²) in [6.07, 6.45) is 4.20. The highest BCUT2D eigenvalue weighted by atomic mass is 16.5. The third-order valence-corrected chi connectivity index (χ3v) is 4.71. The fraction of sp³-hybridized carbons (Fsp3) is 0.182. The number of nitrogens with zero attached hydrogens (tertiary/aromatic N) is 3. The lowest BCUT2D eigenvalue weighted by atomic mass is 10.1. The molecular weight excluding hydrogens is 382 g/mol. The largest absolute Gasteiger partial charge is 0.427 e. The second-order valence-corrected chi connectivity index (χ2v) is 6.91. The van der Waals surface area contributed by atoms with Gasteiger partial charge in [0.25, 0.3) is 5.91 Å². The maximum absolute atomic E-state index is 12.0. The first-order valence-electron chi connectivity index (χ1n) is 9.52.